The standard InChI is InChI=1S/C6H13O3P.2Tl/c7-10(8,9)6-4-2-1-3-5-6;;/h6H,1-5H2,(H2,7,8,9);;/q;2*+1/p-2. The van der Waals surface area contributed by atoms with Crippen LogP contribution in [-0.2, 0) is 4.57 Å². The first-order chi connectivity index (χ1) is 4.61. The van der Waals surface area contributed by atoms with Crippen molar-refractivity contribution in [1.29, 1.82) is 0 Å². The Morgan fingerprint density at radius 3 is 1.67 bits per heavy atom. The Bertz CT molecular complexity index is 153. The fourth-order valence-corrected chi connectivity index (χ4v) is 2.39. The van der Waals surface area contributed by atoms with Crippen molar-refractivity contribution in [3.8, 4) is 0 Å². The van der Waals surface area contributed by atoms with E-state index >= 15 is 0 Å². The Kier molecular flexibility index (Phi) is 10.0. The van der Waals surface area contributed by atoms with Gasteiger partial charge in [-0.2, -0.15) is 0 Å². The Morgan fingerprint density at radius 1 is 1.00 bits per heavy atom. The summed E-state index contributed by atoms with van der Waals surface area (Å²) >= 11 is 0. The van der Waals surface area contributed by atoms with Crippen molar-refractivity contribution >= 4 is 62.2 Å². The van der Waals surface area contributed by atoms with E-state index in [0.29, 0.717) is 12.8 Å². The fraction of sp³-hybridized carbons (Fsp3) is 1.00. The maximum absolute atomic E-state index is 10.5. The average molecular weight is 571 g/mol. The summed E-state index contributed by atoms with van der Waals surface area (Å²) < 4.78 is 10.5. The molecular weight excluding hydrogens is 560 g/mol. The summed E-state index contributed by atoms with van der Waals surface area (Å²) in [7, 11) is -4.24. The Morgan fingerprint density at radius 2 is 1.42 bits per heavy atom. The van der Waals surface area contributed by atoms with Crippen LogP contribution in [0.4, 0.5) is 0 Å². The molecule has 1 aliphatic rings. The van der Waals surface area contributed by atoms with E-state index in [9.17, 15) is 14.4 Å². The summed E-state index contributed by atoms with van der Waals surface area (Å²) in [4.78, 5) is 20.9. The molecule has 1 aliphatic carbocycles. The van der Waals surface area contributed by atoms with Gasteiger partial charge in [0.05, 0.1) is 0 Å². The SMILES string of the molecule is O=P([O-])([O-])C1CCCCC1.[Tl+].[Tl+]. The molecule has 0 spiro atoms. The maximum atomic E-state index is 10.5. The molecule has 0 aromatic rings. The first kappa shape index (κ1) is 16.4. The Labute approximate surface area is 113 Å². The molecule has 0 bridgehead atoms. The third kappa shape index (κ3) is 5.67. The van der Waals surface area contributed by atoms with Crippen LogP contribution >= 0.6 is 7.60 Å². The number of rotatable bonds is 1. The Hall–Kier alpha value is 1.99. The van der Waals surface area contributed by atoms with Gasteiger partial charge in [0.2, 0.25) is 0 Å². The van der Waals surface area contributed by atoms with Gasteiger partial charge in [0.15, 0.2) is 0 Å². The second kappa shape index (κ2) is 7.31. The van der Waals surface area contributed by atoms with E-state index in [1.54, 1.807) is 0 Å². The molecule has 1 fully saturated rings. The number of hydrogen-bond donors (Lipinski definition) is 0. The largest absolute Gasteiger partial charge is 1.00 e. The second-order valence-electron chi connectivity index (χ2n) is 2.83. The topological polar surface area (TPSA) is 63.2 Å². The van der Waals surface area contributed by atoms with Crippen LogP contribution in [0.1, 0.15) is 32.1 Å². The molecule has 1 saturated carbocycles. The van der Waals surface area contributed by atoms with Crippen LogP contribution in [0.2, 0.25) is 0 Å². The van der Waals surface area contributed by atoms with Crippen molar-refractivity contribution in [3.05, 3.63) is 0 Å². The molecule has 0 amide bonds. The van der Waals surface area contributed by atoms with Crippen molar-refractivity contribution in [2.24, 2.45) is 0 Å². The van der Waals surface area contributed by atoms with Gasteiger partial charge in [-0.05, 0) is 18.5 Å². The van der Waals surface area contributed by atoms with Crippen molar-refractivity contribution in [2.45, 2.75) is 37.8 Å². The predicted octanol–water partition coefficient (Wildman–Crippen LogP) is -0.529. The van der Waals surface area contributed by atoms with Gasteiger partial charge in [-0.3, -0.25) is 0 Å². The van der Waals surface area contributed by atoms with Gasteiger partial charge in [-0.15, -0.1) is 0 Å². The minimum Gasteiger partial charge on any atom is -0.811 e. The average Bonchev–Trinajstić information content (AvgIpc) is 1.88. The molecular formula is C6H11O3PTl2. The molecule has 0 unspecified atom stereocenters. The third-order valence-electron chi connectivity index (χ3n) is 2.02. The molecule has 0 heterocycles. The zero-order valence-corrected chi connectivity index (χ0v) is 16.8. The van der Waals surface area contributed by atoms with E-state index in [0.717, 1.165) is 19.3 Å². The van der Waals surface area contributed by atoms with Gasteiger partial charge in [0.1, 0.15) is 0 Å². The molecule has 0 aromatic carbocycles. The van der Waals surface area contributed by atoms with Crippen LogP contribution in [0.3, 0.4) is 0 Å². The van der Waals surface area contributed by atoms with Crippen LogP contribution in [0.15, 0.2) is 0 Å². The molecule has 0 radical (unpaired) electrons. The molecule has 0 saturated heterocycles. The molecule has 1 rings (SSSR count). The molecule has 12 heavy (non-hydrogen) atoms. The molecule has 0 atom stereocenters. The van der Waals surface area contributed by atoms with Gasteiger partial charge in [-0.1, -0.05) is 26.9 Å². The second-order valence-corrected chi connectivity index (χ2v) is 4.64. The summed E-state index contributed by atoms with van der Waals surface area (Å²) in [6.07, 6.45) is 4.06. The molecule has 64 valence electrons. The fourth-order valence-electron chi connectivity index (χ4n) is 1.40. The summed E-state index contributed by atoms with van der Waals surface area (Å²) in [6.45, 7) is 0. The zero-order valence-electron chi connectivity index (χ0n) is 6.94. The van der Waals surface area contributed by atoms with Crippen LogP contribution < -0.4 is 9.79 Å². The van der Waals surface area contributed by atoms with E-state index in [-0.39, 0.29) is 54.6 Å². The van der Waals surface area contributed by atoms with Gasteiger partial charge in [0.25, 0.3) is 0 Å². The maximum Gasteiger partial charge on any atom is 1.00 e. The summed E-state index contributed by atoms with van der Waals surface area (Å²) in [5.74, 6) is 0. The summed E-state index contributed by atoms with van der Waals surface area (Å²) in [5, 5.41) is 0. The Balaban J connectivity index is 0. The van der Waals surface area contributed by atoms with Crippen LogP contribution in [0.5, 0.6) is 0 Å². The molecule has 0 aliphatic heterocycles. The summed E-state index contributed by atoms with van der Waals surface area (Å²) in [6, 6.07) is 0. The van der Waals surface area contributed by atoms with Crippen molar-refractivity contribution in [2.75, 3.05) is 0 Å². The molecule has 3 nitrogen and oxygen atoms in total. The van der Waals surface area contributed by atoms with E-state index < -0.39 is 13.3 Å². The van der Waals surface area contributed by atoms with Gasteiger partial charge >= 0.3 is 54.6 Å². The normalized spacial score (nSPS) is 19.2. The molecule has 0 N–H and O–H groups in total. The smallest absolute Gasteiger partial charge is 0.811 e. The van der Waals surface area contributed by atoms with Crippen molar-refractivity contribution in [1.82, 2.24) is 0 Å². The molecule has 0 aromatic heterocycles. The quantitative estimate of drug-likeness (QED) is 0.315. The van der Waals surface area contributed by atoms with Crippen LogP contribution in [0, 0.1) is 0 Å². The van der Waals surface area contributed by atoms with Crippen molar-refractivity contribution < 1.29 is 14.4 Å². The third-order valence-corrected chi connectivity index (χ3v) is 3.43. The van der Waals surface area contributed by atoms with Gasteiger partial charge in [-0.25, -0.2) is 0 Å². The first-order valence-corrected chi connectivity index (χ1v) is 5.23. The van der Waals surface area contributed by atoms with Crippen molar-refractivity contribution in [3.63, 3.8) is 0 Å². The van der Waals surface area contributed by atoms with Crippen LogP contribution in [0.25, 0.3) is 0 Å². The molecule has 6 heteroatoms. The van der Waals surface area contributed by atoms with Crippen LogP contribution in [-0.4, -0.2) is 60.3 Å². The minimum atomic E-state index is -4.24. The van der Waals surface area contributed by atoms with E-state index in [2.05, 4.69) is 0 Å². The minimum absolute atomic E-state index is 0. The number of hydrogen-bond acceptors (Lipinski definition) is 3. The predicted molar refractivity (Wildman–Crippen MR) is 46.0 cm³/mol. The monoisotopic (exact) mass is 572 g/mol. The van der Waals surface area contributed by atoms with Gasteiger partial charge in [0, 0.05) is 0 Å². The first-order valence-electron chi connectivity index (χ1n) is 3.62. The van der Waals surface area contributed by atoms with E-state index in [1.165, 1.54) is 0 Å². The zero-order chi connectivity index (χ0) is 7.61. The van der Waals surface area contributed by atoms with Gasteiger partial charge < -0.3 is 14.4 Å². The van der Waals surface area contributed by atoms with E-state index in [4.69, 9.17) is 0 Å². The van der Waals surface area contributed by atoms with E-state index in [1.807, 2.05) is 0 Å². The summed E-state index contributed by atoms with van der Waals surface area (Å²) in [5.41, 5.74) is -0.554.